The van der Waals surface area contributed by atoms with E-state index in [-0.39, 0.29) is 5.43 Å². The molecule has 2 rings (SSSR count). The highest BCUT2D eigenvalue weighted by molar-refractivity contribution is 5.77. The lowest BCUT2D eigenvalue weighted by atomic mass is 10.2. The number of hydrogen-bond donors (Lipinski definition) is 0. The summed E-state index contributed by atoms with van der Waals surface area (Å²) in [6.07, 6.45) is 4.81. The maximum Gasteiger partial charge on any atom is 0.192 e. The number of nitrogens with zero attached hydrogens (tertiary/aromatic N) is 1. The Morgan fingerprint density at radius 1 is 1.09 bits per heavy atom. The summed E-state index contributed by atoms with van der Waals surface area (Å²) in [5, 5.41) is 0.571. The van der Waals surface area contributed by atoms with Gasteiger partial charge in [0.2, 0.25) is 0 Å². The SMILES string of the molecule is CCN(CC)CCCCCOc1ccc2occc(=O)c2c1. The predicted molar refractivity (Wildman–Crippen MR) is 89.6 cm³/mol. The Labute approximate surface area is 131 Å². The van der Waals surface area contributed by atoms with E-state index in [1.54, 1.807) is 12.1 Å². The highest BCUT2D eigenvalue weighted by Gasteiger charge is 2.03. The summed E-state index contributed by atoms with van der Waals surface area (Å²) in [5.41, 5.74) is 0.560. The zero-order valence-corrected chi connectivity index (χ0v) is 13.5. The molecule has 0 aliphatic rings. The molecule has 120 valence electrons. The van der Waals surface area contributed by atoms with Gasteiger partial charge in [0.05, 0.1) is 18.3 Å². The minimum Gasteiger partial charge on any atom is -0.494 e. The van der Waals surface area contributed by atoms with Gasteiger partial charge in [0.15, 0.2) is 5.43 Å². The summed E-state index contributed by atoms with van der Waals surface area (Å²) < 4.78 is 11.0. The molecule has 1 heterocycles. The average Bonchev–Trinajstić information content (AvgIpc) is 2.55. The Kier molecular flexibility index (Phi) is 6.46. The van der Waals surface area contributed by atoms with Crippen LogP contribution in [0.4, 0.5) is 0 Å². The van der Waals surface area contributed by atoms with Crippen LogP contribution in [-0.2, 0) is 0 Å². The van der Waals surface area contributed by atoms with E-state index in [4.69, 9.17) is 9.15 Å². The van der Waals surface area contributed by atoms with E-state index in [2.05, 4.69) is 18.7 Å². The van der Waals surface area contributed by atoms with E-state index in [0.717, 1.165) is 38.2 Å². The summed E-state index contributed by atoms with van der Waals surface area (Å²) in [4.78, 5) is 14.2. The molecule has 0 amide bonds. The zero-order valence-electron chi connectivity index (χ0n) is 13.5. The van der Waals surface area contributed by atoms with Crippen LogP contribution in [0.5, 0.6) is 5.75 Å². The van der Waals surface area contributed by atoms with Gasteiger partial charge in [-0.05, 0) is 57.1 Å². The summed E-state index contributed by atoms with van der Waals surface area (Å²) in [7, 11) is 0. The maximum atomic E-state index is 11.7. The number of fused-ring (bicyclic) bond motifs is 1. The first-order chi connectivity index (χ1) is 10.7. The summed E-state index contributed by atoms with van der Waals surface area (Å²) >= 11 is 0. The Hall–Kier alpha value is -1.81. The van der Waals surface area contributed by atoms with Gasteiger partial charge < -0.3 is 14.1 Å². The van der Waals surface area contributed by atoms with Crippen molar-refractivity contribution in [3.63, 3.8) is 0 Å². The maximum absolute atomic E-state index is 11.7. The monoisotopic (exact) mass is 303 g/mol. The molecule has 0 bridgehead atoms. The minimum atomic E-state index is -0.0362. The molecule has 0 aliphatic heterocycles. The number of ether oxygens (including phenoxy) is 1. The van der Waals surface area contributed by atoms with Crippen molar-refractivity contribution < 1.29 is 9.15 Å². The Balaban J connectivity index is 1.76. The highest BCUT2D eigenvalue weighted by Crippen LogP contribution is 2.18. The van der Waals surface area contributed by atoms with Gasteiger partial charge in [-0.3, -0.25) is 4.79 Å². The molecule has 0 N–H and O–H groups in total. The first-order valence-electron chi connectivity index (χ1n) is 8.11. The van der Waals surface area contributed by atoms with E-state index < -0.39 is 0 Å². The quantitative estimate of drug-likeness (QED) is 0.663. The zero-order chi connectivity index (χ0) is 15.8. The molecule has 0 unspecified atom stereocenters. The predicted octanol–water partition coefficient (Wildman–Crippen LogP) is 3.68. The third-order valence-electron chi connectivity index (χ3n) is 3.91. The van der Waals surface area contributed by atoms with Crippen LogP contribution in [0.2, 0.25) is 0 Å². The fourth-order valence-corrected chi connectivity index (χ4v) is 2.50. The largest absolute Gasteiger partial charge is 0.494 e. The molecule has 0 saturated carbocycles. The lowest BCUT2D eigenvalue weighted by Gasteiger charge is -2.17. The number of hydrogen-bond acceptors (Lipinski definition) is 4. The van der Waals surface area contributed by atoms with Crippen molar-refractivity contribution in [3.8, 4) is 5.75 Å². The lowest BCUT2D eigenvalue weighted by molar-refractivity contribution is 0.277. The minimum absolute atomic E-state index is 0.0362. The van der Waals surface area contributed by atoms with Crippen molar-refractivity contribution in [2.45, 2.75) is 33.1 Å². The van der Waals surface area contributed by atoms with Gasteiger partial charge in [-0.1, -0.05) is 13.8 Å². The van der Waals surface area contributed by atoms with Gasteiger partial charge >= 0.3 is 0 Å². The second-order valence-corrected chi connectivity index (χ2v) is 5.38. The first-order valence-corrected chi connectivity index (χ1v) is 8.11. The smallest absolute Gasteiger partial charge is 0.192 e. The molecule has 0 atom stereocenters. The molecule has 0 spiro atoms. The van der Waals surface area contributed by atoms with Crippen LogP contribution in [0, 0.1) is 0 Å². The number of rotatable bonds is 9. The molecule has 2 aromatic rings. The third-order valence-corrected chi connectivity index (χ3v) is 3.91. The van der Waals surface area contributed by atoms with E-state index in [0.29, 0.717) is 17.6 Å². The van der Waals surface area contributed by atoms with Gasteiger partial charge in [-0.25, -0.2) is 0 Å². The van der Waals surface area contributed by atoms with Crippen molar-refractivity contribution in [1.82, 2.24) is 4.90 Å². The van der Waals surface area contributed by atoms with E-state index >= 15 is 0 Å². The molecule has 0 aliphatic carbocycles. The Bertz CT molecular complexity index is 632. The second-order valence-electron chi connectivity index (χ2n) is 5.38. The Morgan fingerprint density at radius 2 is 1.91 bits per heavy atom. The van der Waals surface area contributed by atoms with Crippen molar-refractivity contribution in [1.29, 1.82) is 0 Å². The van der Waals surface area contributed by atoms with Crippen molar-refractivity contribution >= 4 is 11.0 Å². The molecule has 0 fully saturated rings. The van der Waals surface area contributed by atoms with E-state index in [1.807, 2.05) is 6.07 Å². The standard InChI is InChI=1S/C18H25NO3/c1-3-19(4-2)11-6-5-7-12-21-15-8-9-18-16(14-15)17(20)10-13-22-18/h8-10,13-14H,3-7,11-12H2,1-2H3. The molecular weight excluding hydrogens is 278 g/mol. The van der Waals surface area contributed by atoms with Gasteiger partial charge in [-0.2, -0.15) is 0 Å². The highest BCUT2D eigenvalue weighted by atomic mass is 16.5. The third kappa shape index (κ3) is 4.60. The topological polar surface area (TPSA) is 42.7 Å². The van der Waals surface area contributed by atoms with Crippen LogP contribution in [0.25, 0.3) is 11.0 Å². The van der Waals surface area contributed by atoms with Crippen LogP contribution in [0.1, 0.15) is 33.1 Å². The normalized spacial score (nSPS) is 11.2. The average molecular weight is 303 g/mol. The molecule has 0 saturated heterocycles. The fourth-order valence-electron chi connectivity index (χ4n) is 2.50. The molecule has 4 nitrogen and oxygen atoms in total. The van der Waals surface area contributed by atoms with Crippen LogP contribution >= 0.6 is 0 Å². The van der Waals surface area contributed by atoms with Crippen molar-refractivity contribution in [2.24, 2.45) is 0 Å². The van der Waals surface area contributed by atoms with E-state index in [9.17, 15) is 4.79 Å². The van der Waals surface area contributed by atoms with Crippen molar-refractivity contribution in [3.05, 3.63) is 40.8 Å². The van der Waals surface area contributed by atoms with Gasteiger partial charge in [0.1, 0.15) is 11.3 Å². The molecular formula is C18H25NO3. The van der Waals surface area contributed by atoms with Crippen LogP contribution in [0.15, 0.2) is 39.7 Å². The molecule has 0 radical (unpaired) electrons. The molecule has 1 aromatic carbocycles. The van der Waals surface area contributed by atoms with Crippen molar-refractivity contribution in [2.75, 3.05) is 26.2 Å². The van der Waals surface area contributed by atoms with Gasteiger partial charge in [0, 0.05) is 6.07 Å². The van der Waals surface area contributed by atoms with Gasteiger partial charge in [0.25, 0.3) is 0 Å². The number of benzene rings is 1. The Morgan fingerprint density at radius 3 is 2.68 bits per heavy atom. The summed E-state index contributed by atoms with van der Waals surface area (Å²) in [6.45, 7) is 8.47. The van der Waals surface area contributed by atoms with Crippen LogP contribution in [-0.4, -0.2) is 31.1 Å². The van der Waals surface area contributed by atoms with Gasteiger partial charge in [-0.15, -0.1) is 0 Å². The van der Waals surface area contributed by atoms with E-state index in [1.165, 1.54) is 18.8 Å². The first kappa shape index (κ1) is 16.6. The lowest BCUT2D eigenvalue weighted by Crippen LogP contribution is -2.23. The summed E-state index contributed by atoms with van der Waals surface area (Å²) in [5.74, 6) is 0.731. The van der Waals surface area contributed by atoms with Crippen LogP contribution < -0.4 is 10.2 Å². The summed E-state index contributed by atoms with van der Waals surface area (Å²) in [6, 6.07) is 6.82. The second kappa shape index (κ2) is 8.59. The fraction of sp³-hybridized carbons (Fsp3) is 0.500. The van der Waals surface area contributed by atoms with Crippen LogP contribution in [0.3, 0.4) is 0 Å². The molecule has 22 heavy (non-hydrogen) atoms. The number of unbranched alkanes of at least 4 members (excludes halogenated alkanes) is 2. The molecule has 4 heteroatoms. The molecule has 1 aromatic heterocycles.